The van der Waals surface area contributed by atoms with E-state index >= 15 is 0 Å². The lowest BCUT2D eigenvalue weighted by Gasteiger charge is -2.30. The molecule has 0 amide bonds. The van der Waals surface area contributed by atoms with E-state index in [0.29, 0.717) is 0 Å². The molecule has 0 heterocycles. The van der Waals surface area contributed by atoms with E-state index in [0.717, 1.165) is 79.6 Å². The van der Waals surface area contributed by atoms with Crippen molar-refractivity contribution in [3.63, 3.8) is 0 Å². The second-order valence-electron chi connectivity index (χ2n) is 27.9. The highest BCUT2D eigenvalue weighted by molar-refractivity contribution is 5.96. The number of hydrogen-bond donors (Lipinski definition) is 0. The SMILES string of the molecule is CN(c1ccccc1)c1ccc(N(c2ccc3ccccc3c2)c2ccc3ccccc3c2)cc1.CN(c1ccccc1)c1ccc(N(c2cccc(-c3ccccc3)c2)c2cccc(-c3ccccc3)c2)cc1.CN(c1ccccc1)c1ccc(N(c2ccccc2-c2ccccc2)c2ccccc2-c2ccccc2)cc1. The van der Waals surface area contributed by atoms with Crippen LogP contribution in [0.15, 0.2) is 467 Å². The smallest absolute Gasteiger partial charge is 0.0540 e. The number of hydrogen-bond acceptors (Lipinski definition) is 6. The summed E-state index contributed by atoms with van der Waals surface area (Å²) in [6.07, 6.45) is 0. The molecule has 0 radical (unpaired) electrons. The van der Waals surface area contributed by atoms with Crippen molar-refractivity contribution < 1.29 is 0 Å². The Balaban J connectivity index is 0.000000128. The summed E-state index contributed by atoms with van der Waals surface area (Å²) in [4.78, 5) is 13.7. The Bertz CT molecular complexity index is 5850. The van der Waals surface area contributed by atoms with E-state index in [1.165, 1.54) is 71.7 Å². The van der Waals surface area contributed by atoms with Crippen molar-refractivity contribution >= 4 is 107 Å². The fourth-order valence-corrected chi connectivity index (χ4v) is 14.8. The van der Waals surface area contributed by atoms with Crippen molar-refractivity contribution in [2.45, 2.75) is 0 Å². The zero-order valence-corrected chi connectivity index (χ0v) is 63.6. The summed E-state index contributed by atoms with van der Waals surface area (Å²) in [5.74, 6) is 0. The number of fused-ring (bicyclic) bond motifs is 2. The largest absolute Gasteiger partial charge is 0.345 e. The highest BCUT2D eigenvalue weighted by atomic mass is 15.2. The van der Waals surface area contributed by atoms with E-state index < -0.39 is 0 Å². The third-order valence-electron chi connectivity index (χ3n) is 20.8. The quantitative estimate of drug-likeness (QED) is 0.0798. The fourth-order valence-electron chi connectivity index (χ4n) is 14.8. The van der Waals surface area contributed by atoms with Crippen LogP contribution >= 0.6 is 0 Å². The molecule has 0 spiro atoms. The van der Waals surface area contributed by atoms with Gasteiger partial charge in [-0.25, -0.2) is 0 Å². The van der Waals surface area contributed by atoms with E-state index in [9.17, 15) is 0 Å². The zero-order valence-electron chi connectivity index (χ0n) is 63.6. The van der Waals surface area contributed by atoms with Gasteiger partial charge in [-0.3, -0.25) is 0 Å². The van der Waals surface area contributed by atoms with Crippen LogP contribution in [0.1, 0.15) is 0 Å². The molecule has 113 heavy (non-hydrogen) atoms. The molecule has 0 atom stereocenters. The first-order chi connectivity index (χ1) is 55.8. The van der Waals surface area contributed by atoms with Gasteiger partial charge in [0.1, 0.15) is 0 Å². The van der Waals surface area contributed by atoms with Gasteiger partial charge < -0.3 is 29.4 Å². The van der Waals surface area contributed by atoms with Gasteiger partial charge in [-0.15, -0.1) is 0 Å². The van der Waals surface area contributed by atoms with Crippen LogP contribution in [-0.2, 0) is 0 Å². The summed E-state index contributed by atoms with van der Waals surface area (Å²) in [7, 11) is 6.32. The van der Waals surface area contributed by atoms with Crippen molar-refractivity contribution in [1.29, 1.82) is 0 Å². The lowest BCUT2D eigenvalue weighted by Crippen LogP contribution is -2.13. The molecule has 6 nitrogen and oxygen atoms in total. The Kier molecular flexibility index (Phi) is 22.2. The Morgan fingerprint density at radius 3 is 0.690 bits per heavy atom. The number of anilines is 15. The molecule has 0 aliphatic carbocycles. The lowest BCUT2D eigenvalue weighted by atomic mass is 9.99. The average Bonchev–Trinajstić information content (AvgIpc) is 0.787. The molecule has 6 heteroatoms. The van der Waals surface area contributed by atoms with Gasteiger partial charge in [0, 0.05) is 106 Å². The monoisotopic (exact) mass is 1450 g/mol. The zero-order chi connectivity index (χ0) is 76.5. The van der Waals surface area contributed by atoms with Gasteiger partial charge >= 0.3 is 0 Å². The third kappa shape index (κ3) is 16.8. The second-order valence-corrected chi connectivity index (χ2v) is 27.9. The van der Waals surface area contributed by atoms with Crippen molar-refractivity contribution in [2.24, 2.45) is 0 Å². The van der Waals surface area contributed by atoms with Gasteiger partial charge in [0.25, 0.3) is 0 Å². The van der Waals surface area contributed by atoms with Crippen molar-refractivity contribution in [3.8, 4) is 44.5 Å². The molecular weight excluding hydrogens is 1370 g/mol. The maximum atomic E-state index is 2.39. The number of para-hydroxylation sites is 5. The van der Waals surface area contributed by atoms with Crippen molar-refractivity contribution in [3.05, 3.63) is 467 Å². The third-order valence-corrected chi connectivity index (χ3v) is 20.8. The molecular formula is C107H86N6. The molecule has 0 N–H and O–H groups in total. The minimum Gasteiger partial charge on any atom is -0.345 e. The predicted molar refractivity (Wildman–Crippen MR) is 484 cm³/mol. The highest BCUT2D eigenvalue weighted by Crippen LogP contribution is 2.47. The minimum atomic E-state index is 1.10. The Labute approximate surface area is 664 Å². The molecule has 0 aliphatic heterocycles. The molecule has 544 valence electrons. The van der Waals surface area contributed by atoms with E-state index in [-0.39, 0.29) is 0 Å². The minimum absolute atomic E-state index is 1.10. The number of nitrogens with zero attached hydrogens (tertiary/aromatic N) is 6. The van der Waals surface area contributed by atoms with Gasteiger partial charge in [-0.1, -0.05) is 297 Å². The maximum Gasteiger partial charge on any atom is 0.0540 e. The summed E-state index contributed by atoms with van der Waals surface area (Å²) >= 11 is 0. The highest BCUT2D eigenvalue weighted by Gasteiger charge is 2.22. The van der Waals surface area contributed by atoms with Crippen molar-refractivity contribution in [1.82, 2.24) is 0 Å². The first-order valence-electron chi connectivity index (χ1n) is 38.5. The molecule has 0 saturated heterocycles. The van der Waals surface area contributed by atoms with Gasteiger partial charge in [-0.05, 0) is 225 Å². The van der Waals surface area contributed by atoms with Crippen LogP contribution in [0.3, 0.4) is 0 Å². The first kappa shape index (κ1) is 72.5. The fraction of sp³-hybridized carbons (Fsp3) is 0.0280. The lowest BCUT2D eigenvalue weighted by molar-refractivity contribution is 1.20. The van der Waals surface area contributed by atoms with E-state index in [2.05, 4.69) is 499 Å². The van der Waals surface area contributed by atoms with Gasteiger partial charge in [-0.2, -0.15) is 0 Å². The van der Waals surface area contributed by atoms with Crippen LogP contribution in [0.25, 0.3) is 66.1 Å². The van der Waals surface area contributed by atoms with Crippen LogP contribution in [0.4, 0.5) is 85.3 Å². The van der Waals surface area contributed by atoms with Crippen LogP contribution < -0.4 is 29.4 Å². The summed E-state index contributed by atoms with van der Waals surface area (Å²) in [6.45, 7) is 0. The molecule has 0 fully saturated rings. The normalized spacial score (nSPS) is 10.8. The Morgan fingerprint density at radius 1 is 0.133 bits per heavy atom. The Morgan fingerprint density at radius 2 is 0.354 bits per heavy atom. The number of rotatable bonds is 19. The van der Waals surface area contributed by atoms with E-state index in [1.807, 2.05) is 18.2 Å². The molecule has 0 saturated carbocycles. The molecule has 18 rings (SSSR count). The molecule has 18 aromatic carbocycles. The average molecular weight is 1460 g/mol. The van der Waals surface area contributed by atoms with Gasteiger partial charge in [0.15, 0.2) is 0 Å². The van der Waals surface area contributed by atoms with Crippen LogP contribution in [0.5, 0.6) is 0 Å². The summed E-state index contributed by atoms with van der Waals surface area (Å²) in [5.41, 5.74) is 26.6. The Hall–Kier alpha value is -14.7. The first-order valence-corrected chi connectivity index (χ1v) is 38.5. The maximum absolute atomic E-state index is 2.39. The van der Waals surface area contributed by atoms with Gasteiger partial charge in [0.2, 0.25) is 0 Å². The second kappa shape index (κ2) is 34.7. The predicted octanol–water partition coefficient (Wildman–Crippen LogP) is 29.7. The standard InChI is InChI=1S/2C37H30N2.C33H26N2/c1-38(31-19-9-4-10-20-31)32-25-27-33(28-26-32)39(36-23-13-11-21-34(36)29-15-5-2-6-16-29)37-24-14-12-22-35(37)30-17-7-3-8-18-30;1-38(33-19-9-4-10-20-33)34-23-25-35(26-24-34)39(36-21-11-17-31(27-36)29-13-5-2-6-14-29)37-22-12-18-32(28-37)30-15-7-3-8-16-30;1-34(29-13-3-2-4-14-29)30-19-21-31(22-20-30)35(32-17-15-25-9-5-7-11-27(25)23-32)33-18-16-26-10-6-8-12-28(26)24-33/h2*2-28H,1H3;2-24H,1H3. The van der Waals surface area contributed by atoms with E-state index in [1.54, 1.807) is 0 Å². The van der Waals surface area contributed by atoms with Gasteiger partial charge in [0.05, 0.1) is 11.4 Å². The van der Waals surface area contributed by atoms with E-state index in [4.69, 9.17) is 0 Å². The van der Waals surface area contributed by atoms with Crippen LogP contribution in [-0.4, -0.2) is 21.1 Å². The molecule has 0 aliphatic rings. The molecule has 0 aromatic heterocycles. The molecule has 0 unspecified atom stereocenters. The summed E-state index contributed by atoms with van der Waals surface area (Å²) in [6, 6.07) is 165. The van der Waals surface area contributed by atoms with Crippen LogP contribution in [0, 0.1) is 0 Å². The number of benzene rings is 18. The molecule has 0 bridgehead atoms. The summed E-state index contributed by atoms with van der Waals surface area (Å²) in [5, 5.41) is 4.96. The summed E-state index contributed by atoms with van der Waals surface area (Å²) < 4.78 is 0. The van der Waals surface area contributed by atoms with Crippen LogP contribution in [0.2, 0.25) is 0 Å². The van der Waals surface area contributed by atoms with Crippen molar-refractivity contribution in [2.75, 3.05) is 50.5 Å². The topological polar surface area (TPSA) is 19.4 Å². The molecule has 18 aromatic rings.